The summed E-state index contributed by atoms with van der Waals surface area (Å²) in [5, 5.41) is 0. The predicted molar refractivity (Wildman–Crippen MR) is 100 cm³/mol. The lowest BCUT2D eigenvalue weighted by atomic mass is 10.0. The second-order valence-corrected chi connectivity index (χ2v) is 7.71. The summed E-state index contributed by atoms with van der Waals surface area (Å²) < 4.78 is 67.2. The summed E-state index contributed by atoms with van der Waals surface area (Å²) >= 11 is 0. The number of sulfonamides is 1. The molecule has 0 saturated heterocycles. The minimum absolute atomic E-state index is 0.0621. The maximum Gasteiger partial charge on any atom is 0.265 e. The van der Waals surface area contributed by atoms with E-state index in [9.17, 15) is 17.2 Å². The molecule has 3 aromatic carbocycles. The van der Waals surface area contributed by atoms with Crippen LogP contribution in [0.3, 0.4) is 0 Å². The normalized spacial score (nSPS) is 13.2. The van der Waals surface area contributed by atoms with Gasteiger partial charge in [0.05, 0.1) is 5.69 Å². The fourth-order valence-electron chi connectivity index (χ4n) is 2.92. The van der Waals surface area contributed by atoms with Crippen LogP contribution in [-0.4, -0.2) is 21.6 Å². The Morgan fingerprint density at radius 3 is 2.39 bits per heavy atom. The number of rotatable bonds is 4. The SMILES string of the molecule is O=S(=O)(Nc1cc(-c2ccccc2)c(F)cc1F)c1cccc2c1OCCO2. The number of anilines is 1. The standard InChI is InChI=1S/C20H15F2NO4S/c21-15-12-16(22)17(11-14(15)13-5-2-1-3-6-13)23-28(24,25)19-8-4-7-18-20(19)27-10-9-26-18/h1-8,11-12,23H,9-10H2. The van der Waals surface area contributed by atoms with Crippen molar-refractivity contribution in [3.8, 4) is 22.6 Å². The van der Waals surface area contributed by atoms with Gasteiger partial charge in [-0.25, -0.2) is 17.2 Å². The molecule has 0 unspecified atom stereocenters. The van der Waals surface area contributed by atoms with E-state index in [4.69, 9.17) is 9.47 Å². The molecule has 0 atom stereocenters. The summed E-state index contributed by atoms with van der Waals surface area (Å²) in [5.74, 6) is -1.46. The number of nitrogens with one attached hydrogen (secondary N) is 1. The summed E-state index contributed by atoms with van der Waals surface area (Å²) in [6.45, 7) is 0.500. The Labute approximate surface area is 160 Å². The number of fused-ring (bicyclic) bond motifs is 1. The van der Waals surface area contributed by atoms with E-state index in [1.807, 2.05) is 0 Å². The van der Waals surface area contributed by atoms with Crippen molar-refractivity contribution in [1.82, 2.24) is 0 Å². The minimum atomic E-state index is -4.21. The van der Waals surface area contributed by atoms with Crippen LogP contribution < -0.4 is 14.2 Å². The Morgan fingerprint density at radius 2 is 1.61 bits per heavy atom. The van der Waals surface area contributed by atoms with Crippen LogP contribution in [0.5, 0.6) is 11.5 Å². The van der Waals surface area contributed by atoms with E-state index in [1.54, 1.807) is 36.4 Å². The van der Waals surface area contributed by atoms with Crippen LogP contribution in [0.4, 0.5) is 14.5 Å². The first kappa shape index (κ1) is 18.2. The smallest absolute Gasteiger partial charge is 0.265 e. The average molecular weight is 403 g/mol. The third-order valence-electron chi connectivity index (χ3n) is 4.21. The van der Waals surface area contributed by atoms with Crippen LogP contribution in [0.25, 0.3) is 11.1 Å². The summed E-state index contributed by atoms with van der Waals surface area (Å²) in [5.41, 5.74) is 0.207. The van der Waals surface area contributed by atoms with Gasteiger partial charge in [0.2, 0.25) is 0 Å². The van der Waals surface area contributed by atoms with Gasteiger partial charge in [0.15, 0.2) is 11.5 Å². The molecule has 0 bridgehead atoms. The summed E-state index contributed by atoms with van der Waals surface area (Å²) in [4.78, 5) is -0.185. The molecule has 1 heterocycles. The Bertz CT molecular complexity index is 1130. The molecule has 4 rings (SSSR count). The van der Waals surface area contributed by atoms with E-state index in [1.165, 1.54) is 12.1 Å². The fraction of sp³-hybridized carbons (Fsp3) is 0.100. The van der Waals surface area contributed by atoms with Crippen LogP contribution in [-0.2, 0) is 10.0 Å². The molecule has 0 radical (unpaired) electrons. The lowest BCUT2D eigenvalue weighted by molar-refractivity contribution is 0.167. The quantitative estimate of drug-likeness (QED) is 0.709. The third kappa shape index (κ3) is 3.38. The largest absolute Gasteiger partial charge is 0.486 e. The van der Waals surface area contributed by atoms with Crippen molar-refractivity contribution in [1.29, 1.82) is 0 Å². The molecule has 3 aromatic rings. The second-order valence-electron chi connectivity index (χ2n) is 6.06. The van der Waals surface area contributed by atoms with Crippen LogP contribution in [0.1, 0.15) is 0 Å². The van der Waals surface area contributed by atoms with Crippen LogP contribution in [0, 0.1) is 11.6 Å². The summed E-state index contributed by atoms with van der Waals surface area (Å²) in [6.07, 6.45) is 0. The lowest BCUT2D eigenvalue weighted by Crippen LogP contribution is -2.20. The molecule has 0 spiro atoms. The monoisotopic (exact) mass is 403 g/mol. The molecule has 144 valence electrons. The first-order valence-electron chi connectivity index (χ1n) is 8.41. The molecule has 0 aliphatic carbocycles. The van der Waals surface area contributed by atoms with Crippen LogP contribution in [0.2, 0.25) is 0 Å². The van der Waals surface area contributed by atoms with Crippen molar-refractivity contribution in [2.75, 3.05) is 17.9 Å². The van der Waals surface area contributed by atoms with Crippen molar-refractivity contribution in [2.24, 2.45) is 0 Å². The number of halogens is 2. The number of hydrogen-bond acceptors (Lipinski definition) is 4. The third-order valence-corrected chi connectivity index (χ3v) is 5.59. The highest BCUT2D eigenvalue weighted by Crippen LogP contribution is 2.37. The molecule has 1 N–H and O–H groups in total. The summed E-state index contributed by atoms with van der Waals surface area (Å²) in [7, 11) is -4.21. The number of ether oxygens (including phenoxy) is 2. The molecule has 1 aliphatic heterocycles. The molecular weight excluding hydrogens is 388 g/mol. The molecule has 0 saturated carbocycles. The zero-order chi connectivity index (χ0) is 19.7. The van der Waals surface area contributed by atoms with E-state index < -0.39 is 21.7 Å². The molecule has 0 fully saturated rings. The van der Waals surface area contributed by atoms with Crippen molar-refractivity contribution in [3.63, 3.8) is 0 Å². The molecule has 8 heteroatoms. The topological polar surface area (TPSA) is 64.6 Å². The Balaban J connectivity index is 1.75. The average Bonchev–Trinajstić information content (AvgIpc) is 2.70. The van der Waals surface area contributed by atoms with E-state index >= 15 is 0 Å². The van der Waals surface area contributed by atoms with Gasteiger partial charge in [-0.3, -0.25) is 4.72 Å². The van der Waals surface area contributed by atoms with Crippen molar-refractivity contribution >= 4 is 15.7 Å². The number of benzene rings is 3. The van der Waals surface area contributed by atoms with E-state index in [0.29, 0.717) is 24.0 Å². The molecule has 5 nitrogen and oxygen atoms in total. The van der Waals surface area contributed by atoms with Gasteiger partial charge >= 0.3 is 0 Å². The van der Waals surface area contributed by atoms with Gasteiger partial charge < -0.3 is 9.47 Å². The highest BCUT2D eigenvalue weighted by atomic mass is 32.2. The second kappa shape index (κ2) is 7.12. The molecule has 0 aromatic heterocycles. The van der Waals surface area contributed by atoms with Gasteiger partial charge in [-0.15, -0.1) is 0 Å². The van der Waals surface area contributed by atoms with Gasteiger partial charge in [-0.2, -0.15) is 0 Å². The Kier molecular flexibility index (Phi) is 4.64. The maximum atomic E-state index is 14.3. The zero-order valence-corrected chi connectivity index (χ0v) is 15.3. The lowest BCUT2D eigenvalue weighted by Gasteiger charge is -2.21. The first-order chi connectivity index (χ1) is 13.5. The van der Waals surface area contributed by atoms with E-state index in [-0.39, 0.29) is 28.5 Å². The molecule has 28 heavy (non-hydrogen) atoms. The van der Waals surface area contributed by atoms with Gasteiger partial charge in [-0.05, 0) is 23.8 Å². The number of hydrogen-bond donors (Lipinski definition) is 1. The predicted octanol–water partition coefficient (Wildman–Crippen LogP) is 4.20. The summed E-state index contributed by atoms with van der Waals surface area (Å²) in [6, 6.07) is 14.7. The molecule has 1 aliphatic rings. The Morgan fingerprint density at radius 1 is 0.857 bits per heavy atom. The van der Waals surface area contributed by atoms with Crippen molar-refractivity contribution < 1.29 is 26.7 Å². The van der Waals surface area contributed by atoms with Gasteiger partial charge in [-0.1, -0.05) is 36.4 Å². The number of para-hydroxylation sites is 1. The van der Waals surface area contributed by atoms with Gasteiger partial charge in [0.1, 0.15) is 29.7 Å². The van der Waals surface area contributed by atoms with Crippen molar-refractivity contribution in [2.45, 2.75) is 4.90 Å². The van der Waals surface area contributed by atoms with Gasteiger partial charge in [0.25, 0.3) is 10.0 Å². The highest BCUT2D eigenvalue weighted by Gasteiger charge is 2.26. The minimum Gasteiger partial charge on any atom is -0.486 e. The highest BCUT2D eigenvalue weighted by molar-refractivity contribution is 7.92. The van der Waals surface area contributed by atoms with E-state index in [2.05, 4.69) is 4.72 Å². The molecular formula is C20H15F2NO4S. The van der Waals surface area contributed by atoms with Crippen LogP contribution in [0.15, 0.2) is 65.6 Å². The van der Waals surface area contributed by atoms with Crippen LogP contribution >= 0.6 is 0 Å². The van der Waals surface area contributed by atoms with E-state index in [0.717, 1.165) is 6.07 Å². The first-order valence-corrected chi connectivity index (χ1v) is 9.90. The fourth-order valence-corrected chi connectivity index (χ4v) is 4.14. The zero-order valence-electron chi connectivity index (χ0n) is 14.5. The Hall–Kier alpha value is -3.13. The van der Waals surface area contributed by atoms with Crippen molar-refractivity contribution in [3.05, 3.63) is 72.3 Å². The molecule has 0 amide bonds. The maximum absolute atomic E-state index is 14.3. The van der Waals surface area contributed by atoms with Gasteiger partial charge in [0, 0.05) is 11.6 Å².